The molecule has 0 amide bonds. The molecule has 6 N–H and O–H groups in total. The van der Waals surface area contributed by atoms with E-state index in [-0.39, 0.29) is 23.0 Å². The van der Waals surface area contributed by atoms with Gasteiger partial charge in [0.2, 0.25) is 5.96 Å². The molecule has 1 atom stereocenters. The highest BCUT2D eigenvalue weighted by molar-refractivity contribution is 5.99. The minimum Gasteiger partial charge on any atom is -0.397 e. The van der Waals surface area contributed by atoms with Crippen molar-refractivity contribution < 1.29 is 0 Å². The summed E-state index contributed by atoms with van der Waals surface area (Å²) in [6.07, 6.45) is 3.56. The van der Waals surface area contributed by atoms with Crippen LogP contribution in [0.5, 0.6) is 0 Å². The van der Waals surface area contributed by atoms with Crippen LogP contribution in [0, 0.1) is 29.7 Å². The Kier molecular flexibility index (Phi) is 3.91. The molecule has 28 heavy (non-hydrogen) atoms. The molecule has 1 aliphatic rings. The van der Waals surface area contributed by atoms with E-state index in [1.807, 2.05) is 43.5 Å². The van der Waals surface area contributed by atoms with E-state index >= 15 is 0 Å². The summed E-state index contributed by atoms with van der Waals surface area (Å²) in [5.74, 6) is 0.586. The summed E-state index contributed by atoms with van der Waals surface area (Å²) in [5, 5.41) is 24.8. The predicted octanol–water partition coefficient (Wildman–Crippen LogP) is 1.92. The van der Waals surface area contributed by atoms with Gasteiger partial charge in [-0.05, 0) is 30.2 Å². The number of nitrogens with one attached hydrogen (secondary N) is 2. The summed E-state index contributed by atoms with van der Waals surface area (Å²) < 4.78 is 0. The molecule has 1 unspecified atom stereocenters. The lowest BCUT2D eigenvalue weighted by Gasteiger charge is -2.27. The third-order valence-electron chi connectivity index (χ3n) is 4.68. The normalized spacial score (nSPS) is 15.0. The molecule has 0 aliphatic carbocycles. The van der Waals surface area contributed by atoms with Crippen LogP contribution in [0.4, 0.5) is 17.3 Å². The van der Waals surface area contributed by atoms with Crippen molar-refractivity contribution in [3.63, 3.8) is 0 Å². The quantitative estimate of drug-likeness (QED) is 0.373. The highest BCUT2D eigenvalue weighted by Crippen LogP contribution is 2.43. The van der Waals surface area contributed by atoms with Crippen molar-refractivity contribution in [2.45, 2.75) is 13.0 Å². The number of rotatable bonds is 1. The molecule has 2 aromatic heterocycles. The van der Waals surface area contributed by atoms with Gasteiger partial charge in [0.1, 0.15) is 29.3 Å². The predicted molar refractivity (Wildman–Crippen MR) is 106 cm³/mol. The molecule has 0 bridgehead atoms. The fourth-order valence-electron chi connectivity index (χ4n) is 3.44. The summed E-state index contributed by atoms with van der Waals surface area (Å²) in [5.41, 5.74) is 15.7. The Balaban J connectivity index is 2.07. The van der Waals surface area contributed by atoms with E-state index in [2.05, 4.69) is 25.6 Å². The zero-order chi connectivity index (χ0) is 19.8. The van der Waals surface area contributed by atoms with Crippen molar-refractivity contribution in [3.8, 4) is 12.3 Å². The Morgan fingerprint density at radius 1 is 1.18 bits per heavy atom. The number of hydrogen-bond acceptors (Lipinski definition) is 9. The molecule has 9 nitrogen and oxygen atoms in total. The second-order valence-electron chi connectivity index (χ2n) is 6.27. The van der Waals surface area contributed by atoms with Gasteiger partial charge in [-0.25, -0.2) is 9.98 Å². The Morgan fingerprint density at radius 3 is 2.75 bits per heavy atom. The SMILES string of the molecule is Cc1ccc2ncccc2c1C1N=C(NC#N)Nc2nc(N)c(C#N)c(N)c21. The number of fused-ring (bicyclic) bond motifs is 2. The number of anilines is 3. The number of pyridine rings is 2. The number of nitrogen functional groups attached to an aromatic ring is 2. The third kappa shape index (κ3) is 2.50. The van der Waals surface area contributed by atoms with E-state index in [0.29, 0.717) is 11.4 Å². The summed E-state index contributed by atoms with van der Waals surface area (Å²) in [6.45, 7) is 1.96. The van der Waals surface area contributed by atoms with Crippen LogP contribution in [0.15, 0.2) is 35.5 Å². The van der Waals surface area contributed by atoms with Gasteiger partial charge in [0.15, 0.2) is 6.19 Å². The molecule has 0 spiro atoms. The molecule has 3 heterocycles. The molecule has 136 valence electrons. The minimum atomic E-state index is -0.597. The van der Waals surface area contributed by atoms with Crippen LogP contribution in [0.2, 0.25) is 0 Å². The number of nitriles is 2. The van der Waals surface area contributed by atoms with Crippen LogP contribution in [0.1, 0.15) is 28.3 Å². The van der Waals surface area contributed by atoms with E-state index in [9.17, 15) is 5.26 Å². The first-order chi connectivity index (χ1) is 13.5. The smallest absolute Gasteiger partial charge is 0.211 e. The van der Waals surface area contributed by atoms with E-state index in [1.165, 1.54) is 0 Å². The van der Waals surface area contributed by atoms with Crippen LogP contribution in [-0.4, -0.2) is 15.9 Å². The van der Waals surface area contributed by atoms with Gasteiger partial charge in [0.25, 0.3) is 0 Å². The average Bonchev–Trinajstić information content (AvgIpc) is 2.67. The molecule has 3 aromatic rings. The third-order valence-corrected chi connectivity index (χ3v) is 4.68. The molecule has 1 aliphatic heterocycles. The topological polar surface area (TPSA) is 162 Å². The number of aromatic nitrogens is 2. The molecule has 4 rings (SSSR count). The monoisotopic (exact) mass is 369 g/mol. The maximum absolute atomic E-state index is 9.45. The van der Waals surface area contributed by atoms with Crippen molar-refractivity contribution >= 4 is 34.2 Å². The fraction of sp³-hybridized carbons (Fsp3) is 0.105. The van der Waals surface area contributed by atoms with Crippen LogP contribution in [-0.2, 0) is 0 Å². The maximum atomic E-state index is 9.45. The zero-order valence-electron chi connectivity index (χ0n) is 14.9. The molecule has 0 saturated heterocycles. The summed E-state index contributed by atoms with van der Waals surface area (Å²) in [6, 6.07) is 9.08. The first-order valence-corrected chi connectivity index (χ1v) is 8.38. The molecule has 0 radical (unpaired) electrons. The van der Waals surface area contributed by atoms with Crippen molar-refractivity contribution in [1.82, 2.24) is 15.3 Å². The number of aliphatic imine (C=N–C) groups is 1. The molecule has 0 fully saturated rings. The first-order valence-electron chi connectivity index (χ1n) is 8.38. The van der Waals surface area contributed by atoms with Gasteiger partial charge in [-0.2, -0.15) is 10.5 Å². The van der Waals surface area contributed by atoms with Gasteiger partial charge >= 0.3 is 0 Å². The van der Waals surface area contributed by atoms with Crippen LogP contribution >= 0.6 is 0 Å². The lowest BCUT2D eigenvalue weighted by molar-refractivity contribution is 0.846. The molecular weight excluding hydrogens is 354 g/mol. The van der Waals surface area contributed by atoms with Crippen molar-refractivity contribution in [2.75, 3.05) is 16.8 Å². The van der Waals surface area contributed by atoms with Gasteiger partial charge in [0.05, 0.1) is 11.2 Å². The lowest BCUT2D eigenvalue weighted by Crippen LogP contribution is -2.33. The van der Waals surface area contributed by atoms with Crippen LogP contribution in [0.25, 0.3) is 10.9 Å². The zero-order valence-corrected chi connectivity index (χ0v) is 14.9. The van der Waals surface area contributed by atoms with E-state index < -0.39 is 6.04 Å². The molecule has 0 saturated carbocycles. The van der Waals surface area contributed by atoms with Gasteiger partial charge < -0.3 is 16.8 Å². The highest BCUT2D eigenvalue weighted by atomic mass is 15.2. The molecular formula is C19H15N9. The van der Waals surface area contributed by atoms with E-state index in [4.69, 9.17) is 16.7 Å². The van der Waals surface area contributed by atoms with Gasteiger partial charge in [-0.1, -0.05) is 12.1 Å². The second kappa shape index (κ2) is 6.41. The number of benzene rings is 1. The summed E-state index contributed by atoms with van der Waals surface area (Å²) in [4.78, 5) is 13.3. The number of nitrogens with zero attached hydrogens (tertiary/aromatic N) is 5. The average molecular weight is 369 g/mol. The van der Waals surface area contributed by atoms with Gasteiger partial charge in [-0.3, -0.25) is 10.3 Å². The van der Waals surface area contributed by atoms with Crippen molar-refractivity contribution in [3.05, 3.63) is 52.7 Å². The van der Waals surface area contributed by atoms with Crippen molar-refractivity contribution in [1.29, 1.82) is 10.5 Å². The van der Waals surface area contributed by atoms with Crippen molar-refractivity contribution in [2.24, 2.45) is 4.99 Å². The number of aryl methyl sites for hydroxylation is 1. The summed E-state index contributed by atoms with van der Waals surface area (Å²) >= 11 is 0. The fourth-order valence-corrected chi connectivity index (χ4v) is 3.44. The lowest BCUT2D eigenvalue weighted by atomic mass is 9.89. The number of nitrogens with two attached hydrogens (primary N) is 2. The van der Waals surface area contributed by atoms with Crippen LogP contribution in [0.3, 0.4) is 0 Å². The standard InChI is InChI=1S/C19H15N9/c1-9-4-5-12-10(3-2-6-24-12)13(9)16-14-15(22)11(7-20)17(23)27-18(14)28-19(26-16)25-8-21/h2-6,16H,1H3,(H6,22,23,25,26,27,28). The Hall–Kier alpha value is -4.37. The van der Waals surface area contributed by atoms with Gasteiger partial charge in [0, 0.05) is 17.1 Å². The highest BCUT2D eigenvalue weighted by Gasteiger charge is 2.31. The maximum Gasteiger partial charge on any atom is 0.211 e. The second-order valence-corrected chi connectivity index (χ2v) is 6.27. The summed E-state index contributed by atoms with van der Waals surface area (Å²) in [7, 11) is 0. The Labute approximate surface area is 160 Å². The van der Waals surface area contributed by atoms with Crippen LogP contribution < -0.4 is 22.1 Å². The number of hydrogen-bond donors (Lipinski definition) is 4. The molecule has 1 aromatic carbocycles. The van der Waals surface area contributed by atoms with E-state index in [0.717, 1.165) is 22.0 Å². The first kappa shape index (κ1) is 17.1. The Bertz CT molecular complexity index is 1230. The largest absolute Gasteiger partial charge is 0.397 e. The number of guanidine groups is 1. The van der Waals surface area contributed by atoms with E-state index in [1.54, 1.807) is 6.20 Å². The van der Waals surface area contributed by atoms with Gasteiger partial charge in [-0.15, -0.1) is 0 Å². The minimum absolute atomic E-state index is 0.0134. The molecule has 9 heteroatoms. The Morgan fingerprint density at radius 2 is 2.00 bits per heavy atom.